The Hall–Kier alpha value is -2.37. The number of rotatable bonds is 3. The third-order valence-electron chi connectivity index (χ3n) is 2.98. The number of carbonyl (C=O) groups excluding carboxylic acids is 3. The van der Waals surface area contributed by atoms with Crippen molar-refractivity contribution in [3.05, 3.63) is 29.8 Å². The molecule has 1 heterocycles. The lowest BCUT2D eigenvalue weighted by molar-refractivity contribution is -0.119. The van der Waals surface area contributed by atoms with Crippen LogP contribution in [0.3, 0.4) is 0 Å². The summed E-state index contributed by atoms with van der Waals surface area (Å²) in [6.07, 6.45) is -0.507. The van der Waals surface area contributed by atoms with Crippen molar-refractivity contribution in [3.8, 4) is 0 Å². The van der Waals surface area contributed by atoms with Crippen LogP contribution in [0.15, 0.2) is 24.3 Å². The predicted octanol–water partition coefficient (Wildman–Crippen LogP) is 1.28. The monoisotopic (exact) mass is 262 g/mol. The summed E-state index contributed by atoms with van der Waals surface area (Å²) in [4.78, 5) is 35.5. The van der Waals surface area contributed by atoms with Gasteiger partial charge in [-0.15, -0.1) is 0 Å². The Balaban J connectivity index is 2.03. The van der Waals surface area contributed by atoms with Gasteiger partial charge >= 0.3 is 6.09 Å². The van der Waals surface area contributed by atoms with E-state index in [9.17, 15) is 14.4 Å². The highest BCUT2D eigenvalue weighted by molar-refractivity contribution is 5.98. The maximum Gasteiger partial charge on any atom is 0.410 e. The topological polar surface area (TPSA) is 75.7 Å². The first-order chi connectivity index (χ1) is 8.99. The molecule has 1 aromatic carbocycles. The zero-order chi connectivity index (χ0) is 14.0. The lowest BCUT2D eigenvalue weighted by Gasteiger charge is -2.15. The van der Waals surface area contributed by atoms with E-state index in [0.29, 0.717) is 11.3 Å². The number of hydrogen-bond donors (Lipinski definition) is 1. The van der Waals surface area contributed by atoms with Gasteiger partial charge in [0, 0.05) is 18.3 Å². The smallest absolute Gasteiger partial charge is 0.410 e. The lowest BCUT2D eigenvalue weighted by Crippen LogP contribution is -2.40. The number of nitrogens with one attached hydrogen (secondary N) is 1. The molecule has 2 amide bonds. The third-order valence-corrected chi connectivity index (χ3v) is 2.98. The first-order valence-electron chi connectivity index (χ1n) is 5.80. The van der Waals surface area contributed by atoms with E-state index < -0.39 is 12.1 Å². The van der Waals surface area contributed by atoms with Crippen molar-refractivity contribution in [1.82, 2.24) is 4.90 Å². The predicted molar refractivity (Wildman–Crippen MR) is 68.0 cm³/mol. The molecule has 19 heavy (non-hydrogen) atoms. The van der Waals surface area contributed by atoms with Crippen LogP contribution >= 0.6 is 0 Å². The van der Waals surface area contributed by atoms with Crippen LogP contribution in [0.2, 0.25) is 0 Å². The van der Waals surface area contributed by atoms with Gasteiger partial charge in [0.15, 0.2) is 5.78 Å². The highest BCUT2D eigenvalue weighted by Crippen LogP contribution is 2.14. The second-order valence-corrected chi connectivity index (χ2v) is 4.33. The quantitative estimate of drug-likeness (QED) is 0.832. The summed E-state index contributed by atoms with van der Waals surface area (Å²) in [6.45, 7) is 1.52. The molecule has 0 aromatic heterocycles. The molecule has 1 fully saturated rings. The Bertz CT molecular complexity index is 524. The number of Topliss-reactive ketones (excluding diaryl/α,β-unsaturated/α-hetero) is 1. The number of amides is 2. The summed E-state index contributed by atoms with van der Waals surface area (Å²) in [5.41, 5.74) is 1.15. The molecule has 1 aromatic rings. The van der Waals surface area contributed by atoms with Gasteiger partial charge < -0.3 is 10.1 Å². The molecule has 1 unspecified atom stereocenters. The maximum atomic E-state index is 11.9. The van der Waals surface area contributed by atoms with Crippen LogP contribution in [0.25, 0.3) is 0 Å². The molecule has 0 radical (unpaired) electrons. The Morgan fingerprint density at radius 3 is 2.42 bits per heavy atom. The van der Waals surface area contributed by atoms with E-state index in [1.807, 2.05) is 0 Å². The molecule has 1 aliphatic heterocycles. The number of hydrogen-bond acceptors (Lipinski definition) is 4. The summed E-state index contributed by atoms with van der Waals surface area (Å²) in [6, 6.07) is 5.94. The van der Waals surface area contributed by atoms with Gasteiger partial charge in [-0.3, -0.25) is 14.5 Å². The summed E-state index contributed by atoms with van der Waals surface area (Å²) in [7, 11) is 1.51. The zero-order valence-corrected chi connectivity index (χ0v) is 10.7. The van der Waals surface area contributed by atoms with Crippen LogP contribution in [0.1, 0.15) is 17.3 Å². The lowest BCUT2D eigenvalue weighted by atomic mass is 10.1. The van der Waals surface area contributed by atoms with E-state index in [1.165, 1.54) is 18.9 Å². The van der Waals surface area contributed by atoms with Crippen molar-refractivity contribution in [1.29, 1.82) is 0 Å². The van der Waals surface area contributed by atoms with Crippen LogP contribution in [-0.4, -0.2) is 42.4 Å². The first kappa shape index (κ1) is 13.1. The minimum absolute atomic E-state index is 0.0348. The van der Waals surface area contributed by atoms with Gasteiger partial charge in [0.25, 0.3) is 5.91 Å². The van der Waals surface area contributed by atoms with E-state index in [4.69, 9.17) is 4.74 Å². The molecule has 6 nitrogen and oxygen atoms in total. The summed E-state index contributed by atoms with van der Waals surface area (Å²) < 4.78 is 4.77. The normalized spacial score (nSPS) is 18.1. The molecule has 1 saturated heterocycles. The summed E-state index contributed by atoms with van der Waals surface area (Å²) in [5, 5.41) is 2.68. The average molecular weight is 262 g/mol. The Morgan fingerprint density at radius 2 is 1.95 bits per heavy atom. The van der Waals surface area contributed by atoms with Crippen LogP contribution in [0.4, 0.5) is 10.5 Å². The molecular weight excluding hydrogens is 248 g/mol. The van der Waals surface area contributed by atoms with Crippen molar-refractivity contribution in [2.75, 3.05) is 19.0 Å². The van der Waals surface area contributed by atoms with Crippen molar-refractivity contribution in [2.24, 2.45) is 0 Å². The molecule has 2 rings (SSSR count). The van der Waals surface area contributed by atoms with E-state index in [2.05, 4.69) is 5.32 Å². The molecule has 1 atom stereocenters. The van der Waals surface area contributed by atoms with Crippen molar-refractivity contribution >= 4 is 23.5 Å². The van der Waals surface area contributed by atoms with Crippen LogP contribution in [0, 0.1) is 0 Å². The van der Waals surface area contributed by atoms with E-state index >= 15 is 0 Å². The van der Waals surface area contributed by atoms with Crippen LogP contribution in [0.5, 0.6) is 0 Å². The highest BCUT2D eigenvalue weighted by Gasteiger charge is 2.35. The van der Waals surface area contributed by atoms with Gasteiger partial charge in [0.2, 0.25) is 0 Å². The molecule has 0 bridgehead atoms. The number of likely N-dealkylation sites (N-methyl/N-ethyl adjacent to an activating group) is 1. The van der Waals surface area contributed by atoms with Gasteiger partial charge in [-0.1, -0.05) is 0 Å². The van der Waals surface area contributed by atoms with Crippen LogP contribution in [-0.2, 0) is 9.53 Å². The van der Waals surface area contributed by atoms with Crippen molar-refractivity contribution < 1.29 is 19.1 Å². The molecule has 100 valence electrons. The fourth-order valence-electron chi connectivity index (χ4n) is 1.76. The zero-order valence-electron chi connectivity index (χ0n) is 10.7. The number of ether oxygens (including phenoxy) is 1. The maximum absolute atomic E-state index is 11.9. The molecule has 6 heteroatoms. The van der Waals surface area contributed by atoms with Crippen molar-refractivity contribution in [2.45, 2.75) is 13.0 Å². The van der Waals surface area contributed by atoms with Gasteiger partial charge in [-0.25, -0.2) is 4.79 Å². The number of ketones is 1. The number of anilines is 1. The van der Waals surface area contributed by atoms with Gasteiger partial charge in [0.05, 0.1) is 0 Å². The Kier molecular flexibility index (Phi) is 3.50. The second-order valence-electron chi connectivity index (χ2n) is 4.33. The minimum atomic E-state index is -0.625. The fraction of sp³-hybridized carbons (Fsp3) is 0.308. The fourth-order valence-corrected chi connectivity index (χ4v) is 1.76. The third kappa shape index (κ3) is 2.73. The minimum Gasteiger partial charge on any atom is -0.447 e. The number of benzene rings is 1. The first-order valence-corrected chi connectivity index (χ1v) is 5.80. The van der Waals surface area contributed by atoms with Crippen LogP contribution < -0.4 is 5.32 Å². The molecule has 0 saturated carbocycles. The molecule has 0 spiro atoms. The van der Waals surface area contributed by atoms with E-state index in [0.717, 1.165) is 0 Å². The second kappa shape index (κ2) is 5.09. The number of carbonyl (C=O) groups is 3. The van der Waals surface area contributed by atoms with Gasteiger partial charge in [-0.2, -0.15) is 0 Å². The number of nitrogens with zero attached hydrogens (tertiary/aromatic N) is 1. The average Bonchev–Trinajstić information content (AvgIpc) is 2.70. The molecule has 0 aliphatic carbocycles. The Labute approximate surface area is 110 Å². The number of cyclic esters (lactones) is 1. The molecule has 1 aliphatic rings. The summed E-state index contributed by atoms with van der Waals surface area (Å²) >= 11 is 0. The SMILES string of the molecule is CC(=O)c1ccc(NC(=O)C2COC(=O)N2C)cc1. The standard InChI is InChI=1S/C13H14N2O4/c1-8(16)9-3-5-10(6-4-9)14-12(17)11-7-19-13(18)15(11)2/h3-6,11H,7H2,1-2H3,(H,14,17). The van der Waals surface area contributed by atoms with Gasteiger partial charge in [-0.05, 0) is 31.2 Å². The van der Waals surface area contributed by atoms with E-state index in [-0.39, 0.29) is 18.3 Å². The van der Waals surface area contributed by atoms with Crippen molar-refractivity contribution in [3.63, 3.8) is 0 Å². The largest absolute Gasteiger partial charge is 0.447 e. The van der Waals surface area contributed by atoms with E-state index in [1.54, 1.807) is 24.3 Å². The Morgan fingerprint density at radius 1 is 1.32 bits per heavy atom. The highest BCUT2D eigenvalue weighted by atomic mass is 16.6. The molecule has 1 N–H and O–H groups in total. The van der Waals surface area contributed by atoms with Gasteiger partial charge in [0.1, 0.15) is 12.6 Å². The molecular formula is C13H14N2O4. The summed E-state index contributed by atoms with van der Waals surface area (Å²) in [5.74, 6) is -0.351.